The monoisotopic (exact) mass is 272 g/mol. The first kappa shape index (κ1) is 11.8. The molecular formula is C10H13BrN2O2. The maximum atomic E-state index is 5.20. The van der Waals surface area contributed by atoms with E-state index in [0.717, 1.165) is 10.0 Å². The Morgan fingerprint density at radius 3 is 2.60 bits per heavy atom. The fourth-order valence-electron chi connectivity index (χ4n) is 1.15. The molecule has 0 amide bonds. The van der Waals surface area contributed by atoms with E-state index >= 15 is 0 Å². The average molecular weight is 273 g/mol. The van der Waals surface area contributed by atoms with Crippen LogP contribution in [0.25, 0.3) is 0 Å². The van der Waals surface area contributed by atoms with Crippen LogP contribution >= 0.6 is 15.9 Å². The van der Waals surface area contributed by atoms with Gasteiger partial charge < -0.3 is 14.9 Å². The van der Waals surface area contributed by atoms with Crippen molar-refractivity contribution in [3.8, 4) is 11.5 Å². The Bertz CT molecular complexity index is 367. The quantitative estimate of drug-likeness (QED) is 0.674. The largest absolute Gasteiger partial charge is 0.493 e. The highest BCUT2D eigenvalue weighted by Crippen LogP contribution is 2.35. The van der Waals surface area contributed by atoms with Crippen molar-refractivity contribution in [1.82, 2.24) is 5.43 Å². The van der Waals surface area contributed by atoms with Gasteiger partial charge in [-0.05, 0) is 33.6 Å². The molecule has 5 heteroatoms. The predicted molar refractivity (Wildman–Crippen MR) is 63.9 cm³/mol. The van der Waals surface area contributed by atoms with E-state index < -0.39 is 0 Å². The molecule has 0 bridgehead atoms. The Labute approximate surface area is 97.4 Å². The first-order valence-electron chi connectivity index (χ1n) is 4.34. The van der Waals surface area contributed by atoms with Crippen molar-refractivity contribution < 1.29 is 9.47 Å². The lowest BCUT2D eigenvalue weighted by molar-refractivity contribution is 0.353. The zero-order valence-corrected chi connectivity index (χ0v) is 10.5. The van der Waals surface area contributed by atoms with Gasteiger partial charge in [0.25, 0.3) is 0 Å². The smallest absolute Gasteiger partial charge is 0.174 e. The number of nitrogens with zero attached hydrogens (tertiary/aromatic N) is 1. The molecule has 0 radical (unpaired) electrons. The molecule has 82 valence electrons. The topological polar surface area (TPSA) is 42.9 Å². The summed E-state index contributed by atoms with van der Waals surface area (Å²) in [4.78, 5) is 0. The standard InChI is InChI=1S/C10H13BrN2O2/c1-12-13-6-7-4-8(11)10(15-3)9(5-7)14-2/h4-6,12H,1-3H3/b13-6+. The maximum Gasteiger partial charge on any atom is 0.174 e. The molecule has 0 unspecified atom stereocenters. The Kier molecular flexibility index (Phi) is 4.42. The molecule has 15 heavy (non-hydrogen) atoms. The second kappa shape index (κ2) is 5.60. The molecular weight excluding hydrogens is 260 g/mol. The zero-order valence-electron chi connectivity index (χ0n) is 8.87. The van der Waals surface area contributed by atoms with E-state index in [-0.39, 0.29) is 0 Å². The molecule has 0 aliphatic heterocycles. The minimum absolute atomic E-state index is 0.671. The minimum Gasteiger partial charge on any atom is -0.493 e. The lowest BCUT2D eigenvalue weighted by Gasteiger charge is -2.10. The number of hydrogen-bond acceptors (Lipinski definition) is 4. The van der Waals surface area contributed by atoms with Crippen LogP contribution in [0.1, 0.15) is 5.56 Å². The van der Waals surface area contributed by atoms with Crippen LogP contribution in [0.3, 0.4) is 0 Å². The molecule has 1 aromatic rings. The summed E-state index contributed by atoms with van der Waals surface area (Å²) < 4.78 is 11.2. The summed E-state index contributed by atoms with van der Waals surface area (Å²) in [5.41, 5.74) is 3.61. The van der Waals surface area contributed by atoms with E-state index in [4.69, 9.17) is 9.47 Å². The first-order valence-corrected chi connectivity index (χ1v) is 5.13. The van der Waals surface area contributed by atoms with Gasteiger partial charge in [0, 0.05) is 7.05 Å². The SMILES string of the molecule is CN/N=C/c1cc(Br)c(OC)c(OC)c1. The van der Waals surface area contributed by atoms with Gasteiger partial charge in [0.2, 0.25) is 0 Å². The number of benzene rings is 1. The zero-order chi connectivity index (χ0) is 11.3. The molecule has 0 heterocycles. The van der Waals surface area contributed by atoms with Crippen LogP contribution in [0.5, 0.6) is 11.5 Å². The predicted octanol–water partition coefficient (Wildman–Crippen LogP) is 2.02. The molecule has 0 aliphatic rings. The van der Waals surface area contributed by atoms with E-state index in [9.17, 15) is 0 Å². The molecule has 4 nitrogen and oxygen atoms in total. The summed E-state index contributed by atoms with van der Waals surface area (Å²) in [5, 5.41) is 3.92. The van der Waals surface area contributed by atoms with Crippen molar-refractivity contribution in [2.75, 3.05) is 21.3 Å². The highest BCUT2D eigenvalue weighted by atomic mass is 79.9. The van der Waals surface area contributed by atoms with Crippen LogP contribution in [0.2, 0.25) is 0 Å². The van der Waals surface area contributed by atoms with Gasteiger partial charge in [-0.3, -0.25) is 0 Å². The summed E-state index contributed by atoms with van der Waals surface area (Å²) in [6, 6.07) is 3.76. The van der Waals surface area contributed by atoms with Gasteiger partial charge in [-0.25, -0.2) is 0 Å². The summed E-state index contributed by atoms with van der Waals surface area (Å²) in [5.74, 6) is 1.35. The van der Waals surface area contributed by atoms with Crippen LogP contribution in [0.15, 0.2) is 21.7 Å². The van der Waals surface area contributed by atoms with Crippen molar-refractivity contribution >= 4 is 22.1 Å². The lowest BCUT2D eigenvalue weighted by atomic mass is 10.2. The molecule has 0 spiro atoms. The number of ether oxygens (including phenoxy) is 2. The fraction of sp³-hybridized carbons (Fsp3) is 0.300. The normalized spacial score (nSPS) is 10.4. The Balaban J connectivity index is 3.13. The summed E-state index contributed by atoms with van der Waals surface area (Å²) in [6.07, 6.45) is 1.70. The van der Waals surface area contributed by atoms with Crippen molar-refractivity contribution in [3.05, 3.63) is 22.2 Å². The number of halogens is 1. The first-order chi connectivity index (χ1) is 7.22. The third-order valence-electron chi connectivity index (χ3n) is 1.80. The van der Waals surface area contributed by atoms with Crippen molar-refractivity contribution in [1.29, 1.82) is 0 Å². The summed E-state index contributed by atoms with van der Waals surface area (Å²) >= 11 is 3.40. The van der Waals surface area contributed by atoms with Gasteiger partial charge in [-0.1, -0.05) is 0 Å². The molecule has 1 aromatic carbocycles. The van der Waals surface area contributed by atoms with E-state index in [1.54, 1.807) is 27.5 Å². The van der Waals surface area contributed by atoms with E-state index in [1.807, 2.05) is 12.1 Å². The molecule has 0 saturated carbocycles. The third-order valence-corrected chi connectivity index (χ3v) is 2.39. The van der Waals surface area contributed by atoms with Crippen LogP contribution in [0, 0.1) is 0 Å². The highest BCUT2D eigenvalue weighted by molar-refractivity contribution is 9.10. The molecule has 0 saturated heterocycles. The number of rotatable bonds is 4. The van der Waals surface area contributed by atoms with Crippen LogP contribution in [-0.4, -0.2) is 27.5 Å². The molecule has 0 aliphatic carbocycles. The lowest BCUT2D eigenvalue weighted by Crippen LogP contribution is -1.97. The van der Waals surface area contributed by atoms with E-state index in [1.165, 1.54) is 0 Å². The van der Waals surface area contributed by atoms with E-state index in [2.05, 4.69) is 26.5 Å². The van der Waals surface area contributed by atoms with Crippen molar-refractivity contribution in [2.24, 2.45) is 5.10 Å². The Hall–Kier alpha value is -1.23. The van der Waals surface area contributed by atoms with Gasteiger partial charge in [0.05, 0.1) is 24.9 Å². The van der Waals surface area contributed by atoms with Gasteiger partial charge in [-0.15, -0.1) is 0 Å². The van der Waals surface area contributed by atoms with Crippen LogP contribution in [-0.2, 0) is 0 Å². The molecule has 1 rings (SSSR count). The Morgan fingerprint density at radius 1 is 1.33 bits per heavy atom. The van der Waals surface area contributed by atoms with Gasteiger partial charge in [-0.2, -0.15) is 5.10 Å². The van der Waals surface area contributed by atoms with Crippen molar-refractivity contribution in [3.63, 3.8) is 0 Å². The van der Waals surface area contributed by atoms with Crippen LogP contribution in [0.4, 0.5) is 0 Å². The third kappa shape index (κ3) is 2.86. The van der Waals surface area contributed by atoms with Crippen molar-refractivity contribution in [2.45, 2.75) is 0 Å². The number of hydrazone groups is 1. The number of methoxy groups -OCH3 is 2. The average Bonchev–Trinajstić information content (AvgIpc) is 2.25. The second-order valence-electron chi connectivity index (χ2n) is 2.72. The number of hydrogen-bond donors (Lipinski definition) is 1. The molecule has 1 N–H and O–H groups in total. The molecule has 0 atom stereocenters. The maximum absolute atomic E-state index is 5.20. The fourth-order valence-corrected chi connectivity index (χ4v) is 1.77. The van der Waals surface area contributed by atoms with Gasteiger partial charge in [0.15, 0.2) is 11.5 Å². The van der Waals surface area contributed by atoms with E-state index in [0.29, 0.717) is 11.5 Å². The summed E-state index contributed by atoms with van der Waals surface area (Å²) in [7, 11) is 4.94. The van der Waals surface area contributed by atoms with Gasteiger partial charge >= 0.3 is 0 Å². The molecule has 0 fully saturated rings. The second-order valence-corrected chi connectivity index (χ2v) is 3.57. The summed E-state index contributed by atoms with van der Waals surface area (Å²) in [6.45, 7) is 0. The molecule has 0 aromatic heterocycles. The Morgan fingerprint density at radius 2 is 2.07 bits per heavy atom. The number of nitrogens with one attached hydrogen (secondary N) is 1. The van der Waals surface area contributed by atoms with Crippen LogP contribution < -0.4 is 14.9 Å². The van der Waals surface area contributed by atoms with Gasteiger partial charge in [0.1, 0.15) is 0 Å². The minimum atomic E-state index is 0.671. The highest BCUT2D eigenvalue weighted by Gasteiger charge is 2.09.